The first-order valence-corrected chi connectivity index (χ1v) is 10.8. The average Bonchev–Trinajstić information content (AvgIpc) is 3.58. The summed E-state index contributed by atoms with van der Waals surface area (Å²) >= 11 is 1.32. The molecule has 2 bridgehead atoms. The molecule has 5 aliphatic rings. The van der Waals surface area contributed by atoms with Gasteiger partial charge in [-0.3, -0.25) is 9.69 Å². The van der Waals surface area contributed by atoms with Crippen molar-refractivity contribution in [3.05, 3.63) is 34.5 Å². The summed E-state index contributed by atoms with van der Waals surface area (Å²) in [6, 6.07) is 6.04. The minimum atomic E-state index is -0.101. The zero-order valence-corrected chi connectivity index (χ0v) is 15.6. The van der Waals surface area contributed by atoms with Gasteiger partial charge in [-0.15, -0.1) is 11.3 Å². The molecule has 3 nitrogen and oxygen atoms in total. The van der Waals surface area contributed by atoms with Gasteiger partial charge < -0.3 is 5.32 Å². The van der Waals surface area contributed by atoms with Gasteiger partial charge in [0, 0.05) is 5.54 Å². The molecule has 5 heteroatoms. The number of piperidine rings is 3. The number of nitrogens with one attached hydrogen (secondary N) is 1. The molecule has 136 valence electrons. The van der Waals surface area contributed by atoms with Crippen LogP contribution in [0.4, 0.5) is 4.39 Å². The maximum atomic E-state index is 14.8. The molecule has 2 aromatic rings. The van der Waals surface area contributed by atoms with Crippen LogP contribution < -0.4 is 5.32 Å². The van der Waals surface area contributed by atoms with Crippen LogP contribution in [0.5, 0.6) is 0 Å². The Morgan fingerprint density at radius 2 is 1.96 bits per heavy atom. The third-order valence-electron chi connectivity index (χ3n) is 7.17. The van der Waals surface area contributed by atoms with E-state index in [1.165, 1.54) is 50.1 Å². The normalized spacial score (nSPS) is 31.5. The van der Waals surface area contributed by atoms with Gasteiger partial charge in [0.25, 0.3) is 5.91 Å². The van der Waals surface area contributed by atoms with Crippen molar-refractivity contribution in [3.8, 4) is 0 Å². The fraction of sp³-hybridized carbons (Fsp3) is 0.571. The van der Waals surface area contributed by atoms with Crippen molar-refractivity contribution in [2.24, 2.45) is 5.92 Å². The van der Waals surface area contributed by atoms with Crippen LogP contribution >= 0.6 is 11.3 Å². The Labute approximate surface area is 156 Å². The maximum Gasteiger partial charge on any atom is 0.261 e. The molecule has 3 saturated heterocycles. The Hall–Kier alpha value is -1.46. The van der Waals surface area contributed by atoms with Gasteiger partial charge in [-0.05, 0) is 80.5 Å². The summed E-state index contributed by atoms with van der Waals surface area (Å²) < 4.78 is 15.5. The highest BCUT2D eigenvalue weighted by Gasteiger charge is 2.60. The SMILES string of the molecule is O=C(NC1C2CCN(CC2)C12CC2)c1cc2ccc(C3CC3)c(F)c2s1. The number of amides is 1. The number of fused-ring (bicyclic) bond motifs is 3. The molecule has 2 aliphatic carbocycles. The Balaban J connectivity index is 1.30. The van der Waals surface area contributed by atoms with Gasteiger partial charge in [0.15, 0.2) is 0 Å². The highest BCUT2D eigenvalue weighted by atomic mass is 32.1. The molecule has 5 fully saturated rings. The van der Waals surface area contributed by atoms with Gasteiger partial charge in [0.2, 0.25) is 0 Å². The van der Waals surface area contributed by atoms with E-state index in [9.17, 15) is 9.18 Å². The van der Waals surface area contributed by atoms with Crippen molar-refractivity contribution < 1.29 is 9.18 Å². The molecule has 3 aliphatic heterocycles. The number of halogens is 1. The highest BCUT2D eigenvalue weighted by Crippen LogP contribution is 2.53. The zero-order valence-electron chi connectivity index (χ0n) is 14.8. The van der Waals surface area contributed by atoms with E-state index < -0.39 is 0 Å². The zero-order chi connectivity index (χ0) is 17.5. The van der Waals surface area contributed by atoms with Crippen LogP contribution in [0, 0.1) is 11.7 Å². The summed E-state index contributed by atoms with van der Waals surface area (Å²) in [5.74, 6) is 0.888. The summed E-state index contributed by atoms with van der Waals surface area (Å²) in [4.78, 5) is 16.2. The van der Waals surface area contributed by atoms with E-state index in [1.54, 1.807) is 0 Å². The number of thiophene rings is 1. The second-order valence-corrected chi connectivity index (χ2v) is 9.70. The third kappa shape index (κ3) is 2.16. The molecule has 1 atom stereocenters. The molecule has 1 amide bonds. The van der Waals surface area contributed by atoms with Gasteiger partial charge in [-0.25, -0.2) is 4.39 Å². The summed E-state index contributed by atoms with van der Waals surface area (Å²) in [6.45, 7) is 2.38. The number of hydrogen-bond donors (Lipinski definition) is 1. The second-order valence-electron chi connectivity index (χ2n) is 8.65. The molecular formula is C21H23FN2OS. The van der Waals surface area contributed by atoms with Crippen LogP contribution in [-0.4, -0.2) is 35.5 Å². The first-order chi connectivity index (χ1) is 12.7. The Bertz CT molecular complexity index is 906. The number of hydrogen-bond acceptors (Lipinski definition) is 3. The molecule has 0 radical (unpaired) electrons. The van der Waals surface area contributed by atoms with Crippen LogP contribution in [0.1, 0.15) is 59.7 Å². The summed E-state index contributed by atoms with van der Waals surface area (Å²) in [5.41, 5.74) is 1.07. The third-order valence-corrected chi connectivity index (χ3v) is 8.31. The van der Waals surface area contributed by atoms with Crippen molar-refractivity contribution in [1.29, 1.82) is 0 Å². The Morgan fingerprint density at radius 3 is 2.65 bits per heavy atom. The van der Waals surface area contributed by atoms with E-state index in [4.69, 9.17) is 0 Å². The quantitative estimate of drug-likeness (QED) is 0.875. The van der Waals surface area contributed by atoms with Gasteiger partial charge in [-0.1, -0.05) is 12.1 Å². The van der Waals surface area contributed by atoms with Crippen LogP contribution in [-0.2, 0) is 0 Å². The second kappa shape index (κ2) is 5.29. The van der Waals surface area contributed by atoms with E-state index in [-0.39, 0.29) is 23.3 Å². The molecule has 1 unspecified atom stereocenters. The molecule has 1 aromatic carbocycles. The van der Waals surface area contributed by atoms with Crippen LogP contribution in [0.25, 0.3) is 10.1 Å². The summed E-state index contributed by atoms with van der Waals surface area (Å²) in [7, 11) is 0. The van der Waals surface area contributed by atoms with Gasteiger partial charge >= 0.3 is 0 Å². The average molecular weight is 370 g/mol. The molecule has 7 rings (SSSR count). The van der Waals surface area contributed by atoms with Crippen molar-refractivity contribution in [2.45, 2.75) is 56.0 Å². The highest BCUT2D eigenvalue weighted by molar-refractivity contribution is 7.20. The molecule has 26 heavy (non-hydrogen) atoms. The molecule has 1 aromatic heterocycles. The van der Waals surface area contributed by atoms with Crippen LogP contribution in [0.15, 0.2) is 18.2 Å². The van der Waals surface area contributed by atoms with Crippen molar-refractivity contribution in [1.82, 2.24) is 10.2 Å². The van der Waals surface area contributed by atoms with Crippen LogP contribution in [0.2, 0.25) is 0 Å². The lowest BCUT2D eigenvalue weighted by molar-refractivity contribution is -0.00138. The van der Waals surface area contributed by atoms with E-state index >= 15 is 0 Å². The fourth-order valence-corrected chi connectivity index (χ4v) is 6.45. The number of nitrogens with zero attached hydrogens (tertiary/aromatic N) is 1. The number of carbonyl (C=O) groups is 1. The lowest BCUT2D eigenvalue weighted by Gasteiger charge is -2.52. The monoisotopic (exact) mass is 370 g/mol. The minimum Gasteiger partial charge on any atom is -0.346 e. The first-order valence-electron chi connectivity index (χ1n) is 9.93. The summed E-state index contributed by atoms with van der Waals surface area (Å²) in [6.07, 6.45) is 6.98. The van der Waals surface area contributed by atoms with Crippen molar-refractivity contribution >= 4 is 27.3 Å². The number of carbonyl (C=O) groups excluding carboxylic acids is 1. The predicted molar refractivity (Wildman–Crippen MR) is 101 cm³/mol. The standard InChI is InChI=1S/C21H23FN2OS/c22-17-15(12-1-2-12)4-3-14-11-16(26-18(14)17)20(25)23-19-13-5-9-24(10-6-13)21(19)7-8-21/h3-4,11-13,19H,1-2,5-10H2,(H,23,25). The Morgan fingerprint density at radius 1 is 1.19 bits per heavy atom. The van der Waals surface area contributed by atoms with Crippen molar-refractivity contribution in [2.75, 3.05) is 13.1 Å². The maximum absolute atomic E-state index is 14.8. The van der Waals surface area contributed by atoms with E-state index in [0.29, 0.717) is 21.4 Å². The minimum absolute atomic E-state index is 0.0106. The van der Waals surface area contributed by atoms with Gasteiger partial charge in [0.1, 0.15) is 5.82 Å². The lowest BCUT2D eigenvalue weighted by atomic mass is 9.77. The van der Waals surface area contributed by atoms with Crippen LogP contribution in [0.3, 0.4) is 0 Å². The molecule has 1 spiro atoms. The molecule has 4 heterocycles. The van der Waals surface area contributed by atoms with Gasteiger partial charge in [0.05, 0.1) is 15.6 Å². The predicted octanol–water partition coefficient (Wildman–Crippen LogP) is 4.27. The molecule has 2 saturated carbocycles. The van der Waals surface area contributed by atoms with E-state index in [1.807, 2.05) is 18.2 Å². The van der Waals surface area contributed by atoms with E-state index in [0.717, 1.165) is 23.8 Å². The summed E-state index contributed by atoms with van der Waals surface area (Å²) in [5, 5.41) is 4.22. The van der Waals surface area contributed by atoms with Gasteiger partial charge in [-0.2, -0.15) is 0 Å². The topological polar surface area (TPSA) is 32.3 Å². The fourth-order valence-electron chi connectivity index (χ4n) is 5.44. The largest absolute Gasteiger partial charge is 0.346 e. The molecular weight excluding hydrogens is 347 g/mol. The Kier molecular flexibility index (Phi) is 3.17. The lowest BCUT2D eigenvalue weighted by Crippen LogP contribution is -2.65. The van der Waals surface area contributed by atoms with E-state index in [2.05, 4.69) is 10.2 Å². The number of rotatable bonds is 3. The number of benzene rings is 1. The van der Waals surface area contributed by atoms with Crippen molar-refractivity contribution in [3.63, 3.8) is 0 Å². The molecule has 1 N–H and O–H groups in total. The smallest absolute Gasteiger partial charge is 0.261 e. The first kappa shape index (κ1) is 15.6.